The molecule has 0 aliphatic heterocycles. The zero-order valence-corrected chi connectivity index (χ0v) is 11.5. The van der Waals surface area contributed by atoms with Crippen LogP contribution in [0.25, 0.3) is 0 Å². The number of rotatable bonds is 4. The predicted molar refractivity (Wildman–Crippen MR) is 81.6 cm³/mol. The number of aliphatic hydroxyl groups excluding tert-OH is 1. The van der Waals surface area contributed by atoms with Crippen molar-refractivity contribution in [2.45, 2.75) is 12.8 Å². The summed E-state index contributed by atoms with van der Waals surface area (Å²) in [4.78, 5) is 16.1. The lowest BCUT2D eigenvalue weighted by Gasteiger charge is -2.05. The molecule has 0 aliphatic rings. The van der Waals surface area contributed by atoms with Crippen LogP contribution in [-0.4, -0.2) is 22.6 Å². The van der Waals surface area contributed by atoms with Crippen molar-refractivity contribution in [2.24, 2.45) is 0 Å². The highest BCUT2D eigenvalue weighted by Crippen LogP contribution is 2.10. The Bertz CT molecular complexity index is 657. The number of hydrogen-bond acceptors (Lipinski definition) is 3. The highest BCUT2D eigenvalue weighted by Gasteiger charge is 2.04. The number of anilines is 1. The lowest BCUT2D eigenvalue weighted by molar-refractivity contribution is -0.115. The minimum atomic E-state index is -0.117. The van der Waals surface area contributed by atoms with E-state index in [9.17, 15) is 4.79 Å². The maximum atomic E-state index is 11.9. The van der Waals surface area contributed by atoms with Crippen molar-refractivity contribution in [1.29, 1.82) is 0 Å². The second-order valence-electron chi connectivity index (χ2n) is 4.40. The van der Waals surface area contributed by atoms with E-state index in [-0.39, 0.29) is 18.9 Å². The summed E-state index contributed by atoms with van der Waals surface area (Å²) in [6.07, 6.45) is 2.34. The second kappa shape index (κ2) is 7.83. The Morgan fingerprint density at radius 2 is 2.14 bits per heavy atom. The van der Waals surface area contributed by atoms with E-state index in [0.29, 0.717) is 12.1 Å². The first kappa shape index (κ1) is 14.8. The SMILES string of the molecule is O=C(Cc1ccccn1)Nc1cccc(C#CCCO)c1. The smallest absolute Gasteiger partial charge is 0.230 e. The zero-order chi connectivity index (χ0) is 14.9. The van der Waals surface area contributed by atoms with E-state index in [2.05, 4.69) is 22.1 Å². The minimum Gasteiger partial charge on any atom is -0.395 e. The third kappa shape index (κ3) is 5.09. The molecular weight excluding hydrogens is 264 g/mol. The van der Waals surface area contributed by atoms with Crippen LogP contribution in [0, 0.1) is 11.8 Å². The van der Waals surface area contributed by atoms with Crippen LogP contribution >= 0.6 is 0 Å². The van der Waals surface area contributed by atoms with Crippen LogP contribution in [0.4, 0.5) is 5.69 Å². The summed E-state index contributed by atoms with van der Waals surface area (Å²) in [7, 11) is 0. The summed E-state index contributed by atoms with van der Waals surface area (Å²) in [5.41, 5.74) is 2.24. The van der Waals surface area contributed by atoms with Crippen molar-refractivity contribution in [3.05, 3.63) is 59.9 Å². The molecule has 0 saturated carbocycles. The van der Waals surface area contributed by atoms with E-state index in [1.807, 2.05) is 36.4 Å². The number of benzene rings is 1. The molecule has 0 bridgehead atoms. The van der Waals surface area contributed by atoms with Gasteiger partial charge in [0.05, 0.1) is 13.0 Å². The topological polar surface area (TPSA) is 62.2 Å². The van der Waals surface area contributed by atoms with Gasteiger partial charge in [0, 0.05) is 29.6 Å². The Morgan fingerprint density at radius 1 is 1.24 bits per heavy atom. The average molecular weight is 280 g/mol. The molecule has 0 atom stereocenters. The van der Waals surface area contributed by atoms with E-state index in [1.165, 1.54) is 0 Å². The molecule has 2 aromatic rings. The van der Waals surface area contributed by atoms with Gasteiger partial charge in [0.25, 0.3) is 0 Å². The van der Waals surface area contributed by atoms with Crippen molar-refractivity contribution < 1.29 is 9.90 Å². The largest absolute Gasteiger partial charge is 0.395 e. The van der Waals surface area contributed by atoms with Gasteiger partial charge in [-0.05, 0) is 30.3 Å². The number of amides is 1. The number of nitrogens with one attached hydrogen (secondary N) is 1. The molecule has 1 amide bonds. The molecule has 106 valence electrons. The molecular formula is C17H16N2O2. The van der Waals surface area contributed by atoms with Crippen LogP contribution in [0.15, 0.2) is 48.7 Å². The van der Waals surface area contributed by atoms with Crippen LogP contribution in [0.2, 0.25) is 0 Å². The third-order valence-corrected chi connectivity index (χ3v) is 2.68. The maximum Gasteiger partial charge on any atom is 0.230 e. The molecule has 1 aromatic carbocycles. The molecule has 4 nitrogen and oxygen atoms in total. The minimum absolute atomic E-state index is 0.0491. The molecule has 0 unspecified atom stereocenters. The van der Waals surface area contributed by atoms with Gasteiger partial charge in [0.1, 0.15) is 0 Å². The van der Waals surface area contributed by atoms with Gasteiger partial charge in [0.2, 0.25) is 5.91 Å². The van der Waals surface area contributed by atoms with E-state index < -0.39 is 0 Å². The summed E-state index contributed by atoms with van der Waals surface area (Å²) >= 11 is 0. The number of carbonyl (C=O) groups is 1. The highest BCUT2D eigenvalue weighted by atomic mass is 16.2. The van der Waals surface area contributed by atoms with Crippen molar-refractivity contribution in [3.8, 4) is 11.8 Å². The number of aromatic nitrogens is 1. The predicted octanol–water partition coefficient (Wildman–Crippen LogP) is 2.00. The Labute approximate surface area is 123 Å². The first-order valence-corrected chi connectivity index (χ1v) is 6.67. The average Bonchev–Trinajstić information content (AvgIpc) is 2.49. The summed E-state index contributed by atoms with van der Waals surface area (Å²) in [5, 5.41) is 11.5. The highest BCUT2D eigenvalue weighted by molar-refractivity contribution is 5.92. The summed E-state index contributed by atoms with van der Waals surface area (Å²) < 4.78 is 0. The fourth-order valence-electron chi connectivity index (χ4n) is 1.77. The molecule has 21 heavy (non-hydrogen) atoms. The van der Waals surface area contributed by atoms with Crippen LogP contribution in [0.5, 0.6) is 0 Å². The van der Waals surface area contributed by atoms with Crippen molar-refractivity contribution in [2.75, 3.05) is 11.9 Å². The Kier molecular flexibility index (Phi) is 5.50. The molecule has 0 aliphatic carbocycles. The monoisotopic (exact) mass is 280 g/mol. The Hall–Kier alpha value is -2.64. The van der Waals surface area contributed by atoms with Crippen molar-refractivity contribution >= 4 is 11.6 Å². The van der Waals surface area contributed by atoms with E-state index in [0.717, 1.165) is 11.3 Å². The van der Waals surface area contributed by atoms with Crippen molar-refractivity contribution in [1.82, 2.24) is 4.98 Å². The first-order chi connectivity index (χ1) is 10.3. The van der Waals surface area contributed by atoms with Gasteiger partial charge in [-0.15, -0.1) is 0 Å². The van der Waals surface area contributed by atoms with Gasteiger partial charge in [0.15, 0.2) is 0 Å². The standard InChI is InChI=1S/C17H16N2O2/c20-11-4-2-6-14-7-5-9-16(12-14)19-17(21)13-15-8-1-3-10-18-15/h1,3,5,7-10,12,20H,4,11,13H2,(H,19,21). The van der Waals surface area contributed by atoms with Gasteiger partial charge >= 0.3 is 0 Å². The van der Waals surface area contributed by atoms with Gasteiger partial charge in [-0.3, -0.25) is 9.78 Å². The molecule has 2 N–H and O–H groups in total. The van der Waals surface area contributed by atoms with Crippen molar-refractivity contribution in [3.63, 3.8) is 0 Å². The van der Waals surface area contributed by atoms with Gasteiger partial charge in [-0.2, -0.15) is 0 Å². The number of pyridine rings is 1. The van der Waals surface area contributed by atoms with E-state index >= 15 is 0 Å². The first-order valence-electron chi connectivity index (χ1n) is 6.67. The van der Waals surface area contributed by atoms with Crippen LogP contribution < -0.4 is 5.32 Å². The molecule has 0 fully saturated rings. The Morgan fingerprint density at radius 3 is 2.90 bits per heavy atom. The fraction of sp³-hybridized carbons (Fsp3) is 0.176. The quantitative estimate of drug-likeness (QED) is 0.842. The molecule has 1 aromatic heterocycles. The number of aliphatic hydroxyl groups is 1. The molecule has 4 heteroatoms. The molecule has 0 spiro atoms. The van der Waals surface area contributed by atoms with Gasteiger partial charge in [-0.1, -0.05) is 24.0 Å². The summed E-state index contributed by atoms with van der Waals surface area (Å²) in [6, 6.07) is 12.8. The maximum absolute atomic E-state index is 11.9. The molecule has 0 saturated heterocycles. The molecule has 1 heterocycles. The normalized spacial score (nSPS) is 9.57. The van der Waals surface area contributed by atoms with Crippen LogP contribution in [0.3, 0.4) is 0 Å². The lowest BCUT2D eigenvalue weighted by atomic mass is 10.2. The Balaban J connectivity index is 1.98. The van der Waals surface area contributed by atoms with Crippen LogP contribution in [0.1, 0.15) is 17.7 Å². The number of carbonyl (C=O) groups excluding carboxylic acids is 1. The van der Waals surface area contributed by atoms with E-state index in [4.69, 9.17) is 5.11 Å². The zero-order valence-electron chi connectivity index (χ0n) is 11.5. The fourth-order valence-corrected chi connectivity index (χ4v) is 1.77. The summed E-state index contributed by atoms with van der Waals surface area (Å²) in [5.74, 6) is 5.67. The molecule has 2 rings (SSSR count). The van der Waals surface area contributed by atoms with Gasteiger partial charge in [-0.25, -0.2) is 0 Å². The van der Waals surface area contributed by atoms with Crippen LogP contribution in [-0.2, 0) is 11.2 Å². The number of nitrogens with zero attached hydrogens (tertiary/aromatic N) is 1. The second-order valence-corrected chi connectivity index (χ2v) is 4.40. The van der Waals surface area contributed by atoms with Gasteiger partial charge < -0.3 is 10.4 Å². The molecule has 0 radical (unpaired) electrons. The summed E-state index contributed by atoms with van der Waals surface area (Å²) in [6.45, 7) is 0.0491. The number of hydrogen-bond donors (Lipinski definition) is 2. The lowest BCUT2D eigenvalue weighted by Crippen LogP contribution is -2.15. The third-order valence-electron chi connectivity index (χ3n) is 2.68. The van der Waals surface area contributed by atoms with E-state index in [1.54, 1.807) is 12.3 Å².